The fraction of sp³-hybridized carbons (Fsp3) is 0.615. The van der Waals surface area contributed by atoms with Crippen molar-refractivity contribution >= 4 is 17.2 Å². The molecule has 1 aliphatic rings. The summed E-state index contributed by atoms with van der Waals surface area (Å²) in [6, 6.07) is 1.88. The van der Waals surface area contributed by atoms with Gasteiger partial charge in [-0.05, 0) is 49.2 Å². The van der Waals surface area contributed by atoms with Crippen LogP contribution < -0.4 is 10.6 Å². The number of carbonyl (C=O) groups excluding carboxylic acids is 1. The molecule has 2 heterocycles. The highest BCUT2D eigenvalue weighted by molar-refractivity contribution is 7.08. The Labute approximate surface area is 107 Å². The van der Waals surface area contributed by atoms with E-state index in [1.54, 1.807) is 11.3 Å². The molecule has 4 heteroatoms. The van der Waals surface area contributed by atoms with Gasteiger partial charge in [0, 0.05) is 17.5 Å². The van der Waals surface area contributed by atoms with Gasteiger partial charge in [-0.1, -0.05) is 6.92 Å². The third-order valence-corrected chi connectivity index (χ3v) is 4.50. The molecule has 0 bridgehead atoms. The van der Waals surface area contributed by atoms with E-state index in [2.05, 4.69) is 17.6 Å². The first-order chi connectivity index (χ1) is 8.26. The largest absolute Gasteiger partial charge is 0.351 e. The molecule has 2 rings (SSSR count). The molecule has 94 valence electrons. The summed E-state index contributed by atoms with van der Waals surface area (Å²) >= 11 is 1.56. The Hall–Kier alpha value is -0.870. The molecule has 1 saturated heterocycles. The maximum absolute atomic E-state index is 11.9. The Morgan fingerprint density at radius 2 is 2.29 bits per heavy atom. The third kappa shape index (κ3) is 3.07. The molecule has 0 unspecified atom stereocenters. The van der Waals surface area contributed by atoms with Crippen LogP contribution in [0.25, 0.3) is 0 Å². The van der Waals surface area contributed by atoms with Crippen molar-refractivity contribution in [2.45, 2.75) is 26.2 Å². The highest BCUT2D eigenvalue weighted by atomic mass is 32.1. The van der Waals surface area contributed by atoms with Crippen LogP contribution >= 0.6 is 11.3 Å². The number of hydrogen-bond acceptors (Lipinski definition) is 3. The molecule has 2 N–H and O–H groups in total. The quantitative estimate of drug-likeness (QED) is 0.863. The van der Waals surface area contributed by atoms with Crippen molar-refractivity contribution in [1.29, 1.82) is 0 Å². The lowest BCUT2D eigenvalue weighted by molar-refractivity contribution is 0.0911. The predicted octanol–water partition coefficient (Wildman–Crippen LogP) is 2.26. The van der Waals surface area contributed by atoms with E-state index in [4.69, 9.17) is 0 Å². The standard InChI is InChI=1S/C13H20N2OS/c1-2-13(4-6-14-7-5-13)10-15-12(16)11-3-8-17-9-11/h3,8-9,14H,2,4-7,10H2,1H3,(H,15,16). The van der Waals surface area contributed by atoms with Crippen molar-refractivity contribution < 1.29 is 4.79 Å². The topological polar surface area (TPSA) is 41.1 Å². The van der Waals surface area contributed by atoms with E-state index in [-0.39, 0.29) is 5.91 Å². The van der Waals surface area contributed by atoms with E-state index in [1.807, 2.05) is 16.8 Å². The van der Waals surface area contributed by atoms with Crippen LogP contribution in [0, 0.1) is 5.41 Å². The number of amides is 1. The van der Waals surface area contributed by atoms with Crippen LogP contribution in [0.4, 0.5) is 0 Å². The predicted molar refractivity (Wildman–Crippen MR) is 71.5 cm³/mol. The van der Waals surface area contributed by atoms with Gasteiger partial charge in [0.1, 0.15) is 0 Å². The normalized spacial score (nSPS) is 18.9. The van der Waals surface area contributed by atoms with Crippen LogP contribution in [-0.4, -0.2) is 25.5 Å². The second kappa shape index (κ2) is 5.65. The highest BCUT2D eigenvalue weighted by Gasteiger charge is 2.30. The first-order valence-electron chi connectivity index (χ1n) is 6.27. The van der Waals surface area contributed by atoms with Crippen LogP contribution in [0.2, 0.25) is 0 Å². The van der Waals surface area contributed by atoms with E-state index in [1.165, 1.54) is 0 Å². The molecule has 0 spiro atoms. The Morgan fingerprint density at radius 3 is 2.88 bits per heavy atom. The summed E-state index contributed by atoms with van der Waals surface area (Å²) in [6.07, 6.45) is 3.46. The minimum absolute atomic E-state index is 0.0672. The molecule has 1 aromatic heterocycles. The lowest BCUT2D eigenvalue weighted by Gasteiger charge is -2.37. The number of rotatable bonds is 4. The summed E-state index contributed by atoms with van der Waals surface area (Å²) in [6.45, 7) is 5.17. The summed E-state index contributed by atoms with van der Waals surface area (Å²) < 4.78 is 0. The van der Waals surface area contributed by atoms with Crippen molar-refractivity contribution in [3.05, 3.63) is 22.4 Å². The van der Waals surface area contributed by atoms with Crippen LogP contribution in [-0.2, 0) is 0 Å². The summed E-state index contributed by atoms with van der Waals surface area (Å²) in [4.78, 5) is 11.9. The molecule has 1 fully saturated rings. The van der Waals surface area contributed by atoms with Gasteiger partial charge in [0.05, 0.1) is 0 Å². The molecule has 1 aliphatic heterocycles. The van der Waals surface area contributed by atoms with Crippen molar-refractivity contribution in [1.82, 2.24) is 10.6 Å². The van der Waals surface area contributed by atoms with Crippen molar-refractivity contribution in [2.75, 3.05) is 19.6 Å². The first-order valence-corrected chi connectivity index (χ1v) is 7.21. The van der Waals surface area contributed by atoms with Crippen molar-refractivity contribution in [3.8, 4) is 0 Å². The molecule has 17 heavy (non-hydrogen) atoms. The van der Waals surface area contributed by atoms with Crippen LogP contribution in [0.5, 0.6) is 0 Å². The van der Waals surface area contributed by atoms with Crippen molar-refractivity contribution in [3.63, 3.8) is 0 Å². The monoisotopic (exact) mass is 252 g/mol. The zero-order valence-corrected chi connectivity index (χ0v) is 11.1. The SMILES string of the molecule is CCC1(CNC(=O)c2ccsc2)CCNCC1. The summed E-state index contributed by atoms with van der Waals surface area (Å²) in [7, 11) is 0. The lowest BCUT2D eigenvalue weighted by Crippen LogP contribution is -2.44. The summed E-state index contributed by atoms with van der Waals surface area (Å²) in [5, 5.41) is 10.3. The molecule has 1 aromatic rings. The van der Waals surface area contributed by atoms with Gasteiger partial charge in [0.15, 0.2) is 0 Å². The van der Waals surface area contributed by atoms with E-state index < -0.39 is 0 Å². The van der Waals surface area contributed by atoms with Gasteiger partial charge in [0.2, 0.25) is 0 Å². The Balaban J connectivity index is 1.89. The number of nitrogens with one attached hydrogen (secondary N) is 2. The Kier molecular flexibility index (Phi) is 4.18. The second-order valence-corrected chi connectivity index (χ2v) is 5.58. The van der Waals surface area contributed by atoms with E-state index in [0.717, 1.165) is 44.5 Å². The number of piperidine rings is 1. The molecular formula is C13H20N2OS. The maximum atomic E-state index is 11.9. The van der Waals surface area contributed by atoms with Gasteiger partial charge in [-0.15, -0.1) is 0 Å². The molecule has 0 saturated carbocycles. The van der Waals surface area contributed by atoms with E-state index >= 15 is 0 Å². The summed E-state index contributed by atoms with van der Waals surface area (Å²) in [5.74, 6) is 0.0672. The highest BCUT2D eigenvalue weighted by Crippen LogP contribution is 2.31. The van der Waals surface area contributed by atoms with Crippen molar-refractivity contribution in [2.24, 2.45) is 5.41 Å². The molecule has 0 radical (unpaired) electrons. The van der Waals surface area contributed by atoms with Gasteiger partial charge in [0.25, 0.3) is 5.91 Å². The molecule has 0 aliphatic carbocycles. The molecule has 3 nitrogen and oxygen atoms in total. The van der Waals surface area contributed by atoms with Gasteiger partial charge < -0.3 is 10.6 Å². The van der Waals surface area contributed by atoms with E-state index in [0.29, 0.717) is 5.41 Å². The first kappa shape index (κ1) is 12.6. The van der Waals surface area contributed by atoms with Gasteiger partial charge in [-0.3, -0.25) is 4.79 Å². The molecule has 0 aromatic carbocycles. The zero-order valence-electron chi connectivity index (χ0n) is 10.3. The third-order valence-electron chi connectivity index (χ3n) is 3.82. The van der Waals surface area contributed by atoms with Gasteiger partial charge >= 0.3 is 0 Å². The van der Waals surface area contributed by atoms with Crippen LogP contribution in [0.15, 0.2) is 16.8 Å². The summed E-state index contributed by atoms with van der Waals surface area (Å²) in [5.41, 5.74) is 1.09. The Morgan fingerprint density at radius 1 is 1.53 bits per heavy atom. The minimum atomic E-state index is 0.0672. The number of carbonyl (C=O) groups is 1. The fourth-order valence-electron chi connectivity index (χ4n) is 2.38. The number of thiophene rings is 1. The molecule has 1 amide bonds. The average molecular weight is 252 g/mol. The maximum Gasteiger partial charge on any atom is 0.252 e. The van der Waals surface area contributed by atoms with Crippen LogP contribution in [0.1, 0.15) is 36.5 Å². The second-order valence-electron chi connectivity index (χ2n) is 4.80. The zero-order chi connectivity index (χ0) is 12.1. The lowest BCUT2D eigenvalue weighted by atomic mass is 9.76. The Bertz CT molecular complexity index is 356. The smallest absolute Gasteiger partial charge is 0.252 e. The minimum Gasteiger partial charge on any atom is -0.351 e. The van der Waals surface area contributed by atoms with Gasteiger partial charge in [-0.2, -0.15) is 11.3 Å². The fourth-order valence-corrected chi connectivity index (χ4v) is 3.01. The number of hydrogen-bond donors (Lipinski definition) is 2. The molecule has 0 atom stereocenters. The van der Waals surface area contributed by atoms with Gasteiger partial charge in [-0.25, -0.2) is 0 Å². The average Bonchev–Trinajstić information content (AvgIpc) is 2.91. The van der Waals surface area contributed by atoms with E-state index in [9.17, 15) is 4.79 Å². The molecular weight excluding hydrogens is 232 g/mol. The van der Waals surface area contributed by atoms with Crippen LogP contribution in [0.3, 0.4) is 0 Å².